The Morgan fingerprint density at radius 2 is 2.05 bits per heavy atom. The SMILES string of the molecule is CN1C2C=CC(O)=CC2C2CCC(NCc3ccccc3)C21. The van der Waals surface area contributed by atoms with Crippen LogP contribution in [0.15, 0.2) is 54.3 Å². The average Bonchev–Trinajstić information content (AvgIpc) is 3.07. The molecule has 3 nitrogen and oxygen atoms in total. The highest BCUT2D eigenvalue weighted by atomic mass is 16.3. The molecule has 1 aromatic rings. The van der Waals surface area contributed by atoms with E-state index in [4.69, 9.17) is 0 Å². The molecule has 0 amide bonds. The third-order valence-electron chi connectivity index (χ3n) is 5.73. The van der Waals surface area contributed by atoms with E-state index in [0.717, 1.165) is 6.54 Å². The van der Waals surface area contributed by atoms with Crippen molar-refractivity contribution in [1.82, 2.24) is 10.2 Å². The number of rotatable bonds is 3. The van der Waals surface area contributed by atoms with Crippen LogP contribution in [0.5, 0.6) is 0 Å². The van der Waals surface area contributed by atoms with Crippen LogP contribution in [0, 0.1) is 11.8 Å². The predicted octanol–water partition coefficient (Wildman–Crippen LogP) is 2.87. The molecule has 2 N–H and O–H groups in total. The van der Waals surface area contributed by atoms with E-state index >= 15 is 0 Å². The van der Waals surface area contributed by atoms with Crippen LogP contribution in [0.25, 0.3) is 0 Å². The topological polar surface area (TPSA) is 35.5 Å². The van der Waals surface area contributed by atoms with Crippen LogP contribution < -0.4 is 5.32 Å². The Labute approximate surface area is 132 Å². The molecule has 1 saturated heterocycles. The van der Waals surface area contributed by atoms with Gasteiger partial charge in [-0.3, -0.25) is 4.90 Å². The van der Waals surface area contributed by atoms with Gasteiger partial charge in [0.2, 0.25) is 0 Å². The van der Waals surface area contributed by atoms with Gasteiger partial charge in [0.15, 0.2) is 0 Å². The van der Waals surface area contributed by atoms with Crippen LogP contribution in [-0.4, -0.2) is 35.2 Å². The molecule has 1 saturated carbocycles. The maximum atomic E-state index is 9.82. The fourth-order valence-corrected chi connectivity index (χ4v) is 4.75. The Kier molecular flexibility index (Phi) is 3.55. The number of nitrogens with one attached hydrogen (secondary N) is 1. The summed E-state index contributed by atoms with van der Waals surface area (Å²) in [5.74, 6) is 1.58. The Morgan fingerprint density at radius 1 is 1.23 bits per heavy atom. The van der Waals surface area contributed by atoms with Gasteiger partial charge in [-0.25, -0.2) is 0 Å². The van der Waals surface area contributed by atoms with Crippen molar-refractivity contribution < 1.29 is 5.11 Å². The minimum Gasteiger partial charge on any atom is -0.508 e. The van der Waals surface area contributed by atoms with Gasteiger partial charge in [0.25, 0.3) is 0 Å². The van der Waals surface area contributed by atoms with Crippen molar-refractivity contribution in [1.29, 1.82) is 0 Å². The largest absolute Gasteiger partial charge is 0.508 e. The summed E-state index contributed by atoms with van der Waals surface area (Å²) in [6.07, 6.45) is 8.58. The number of likely N-dealkylation sites (N-methyl/N-ethyl adjacent to an activating group) is 1. The molecule has 5 atom stereocenters. The van der Waals surface area contributed by atoms with E-state index in [0.29, 0.717) is 35.7 Å². The van der Waals surface area contributed by atoms with Gasteiger partial charge in [-0.05, 0) is 43.5 Å². The van der Waals surface area contributed by atoms with E-state index in [2.05, 4.69) is 59.7 Å². The summed E-state index contributed by atoms with van der Waals surface area (Å²) in [5.41, 5.74) is 1.35. The van der Waals surface area contributed by atoms with Gasteiger partial charge in [0, 0.05) is 30.6 Å². The molecule has 0 aromatic heterocycles. The minimum absolute atomic E-state index is 0.441. The van der Waals surface area contributed by atoms with E-state index in [9.17, 15) is 5.11 Å². The lowest BCUT2D eigenvalue weighted by molar-refractivity contribution is 0.220. The van der Waals surface area contributed by atoms with Gasteiger partial charge in [-0.15, -0.1) is 0 Å². The van der Waals surface area contributed by atoms with Crippen molar-refractivity contribution >= 4 is 0 Å². The van der Waals surface area contributed by atoms with Crippen LogP contribution in [0.3, 0.4) is 0 Å². The molecule has 2 fully saturated rings. The number of hydrogen-bond donors (Lipinski definition) is 2. The first kappa shape index (κ1) is 14.0. The second-order valence-corrected chi connectivity index (χ2v) is 6.89. The van der Waals surface area contributed by atoms with Crippen LogP contribution in [0.4, 0.5) is 0 Å². The molecule has 5 unspecified atom stereocenters. The molecule has 116 valence electrons. The van der Waals surface area contributed by atoms with Crippen LogP contribution in [0.1, 0.15) is 18.4 Å². The van der Waals surface area contributed by atoms with Crippen LogP contribution >= 0.6 is 0 Å². The molecule has 1 heterocycles. The summed E-state index contributed by atoms with van der Waals surface area (Å²) in [6, 6.07) is 12.2. The summed E-state index contributed by atoms with van der Waals surface area (Å²) in [4.78, 5) is 2.52. The number of aliphatic hydroxyl groups is 1. The van der Waals surface area contributed by atoms with E-state index in [1.165, 1.54) is 18.4 Å². The summed E-state index contributed by atoms with van der Waals surface area (Å²) in [6.45, 7) is 0.939. The third kappa shape index (κ3) is 2.29. The van der Waals surface area contributed by atoms with Crippen molar-refractivity contribution in [2.24, 2.45) is 11.8 Å². The number of allylic oxidation sites excluding steroid dienone is 1. The predicted molar refractivity (Wildman–Crippen MR) is 88.5 cm³/mol. The fraction of sp³-hybridized carbons (Fsp3) is 0.474. The maximum Gasteiger partial charge on any atom is 0.111 e. The molecule has 1 aliphatic heterocycles. The van der Waals surface area contributed by atoms with Gasteiger partial charge in [-0.2, -0.15) is 0 Å². The second kappa shape index (κ2) is 5.56. The Balaban J connectivity index is 1.48. The first-order chi connectivity index (χ1) is 10.7. The number of aliphatic hydroxyl groups excluding tert-OH is 1. The monoisotopic (exact) mass is 296 g/mol. The zero-order valence-corrected chi connectivity index (χ0v) is 13.0. The number of fused-ring (bicyclic) bond motifs is 3. The number of benzene rings is 1. The van der Waals surface area contributed by atoms with Gasteiger partial charge >= 0.3 is 0 Å². The van der Waals surface area contributed by atoms with Crippen molar-refractivity contribution in [3.63, 3.8) is 0 Å². The van der Waals surface area contributed by atoms with Crippen molar-refractivity contribution in [3.05, 3.63) is 59.9 Å². The van der Waals surface area contributed by atoms with E-state index < -0.39 is 0 Å². The quantitative estimate of drug-likeness (QED) is 0.900. The first-order valence-corrected chi connectivity index (χ1v) is 8.32. The van der Waals surface area contributed by atoms with E-state index in [-0.39, 0.29) is 0 Å². The summed E-state index contributed by atoms with van der Waals surface area (Å²) in [5, 5.41) is 13.6. The third-order valence-corrected chi connectivity index (χ3v) is 5.73. The highest BCUT2D eigenvalue weighted by Gasteiger charge is 2.51. The standard InChI is InChI=1S/C19H24N2O/c1-21-18-10-7-14(22)11-16(18)15-8-9-17(19(15)21)20-12-13-5-3-2-4-6-13/h2-7,10-11,15-20,22H,8-9,12H2,1H3. The Morgan fingerprint density at radius 3 is 2.86 bits per heavy atom. The van der Waals surface area contributed by atoms with Gasteiger partial charge in [0.1, 0.15) is 5.76 Å². The maximum absolute atomic E-state index is 9.82. The van der Waals surface area contributed by atoms with E-state index in [1.54, 1.807) is 0 Å². The lowest BCUT2D eigenvalue weighted by Gasteiger charge is -2.30. The zero-order chi connectivity index (χ0) is 15.1. The molecular weight excluding hydrogens is 272 g/mol. The Bertz CT molecular complexity index is 595. The molecule has 0 bridgehead atoms. The zero-order valence-electron chi connectivity index (χ0n) is 13.0. The van der Waals surface area contributed by atoms with Crippen molar-refractivity contribution in [3.8, 4) is 0 Å². The molecule has 3 heteroatoms. The van der Waals surface area contributed by atoms with E-state index in [1.807, 2.05) is 6.08 Å². The highest BCUT2D eigenvalue weighted by molar-refractivity contribution is 5.28. The lowest BCUT2D eigenvalue weighted by atomic mass is 9.85. The molecule has 0 spiro atoms. The molecule has 3 aliphatic rings. The number of nitrogens with zero attached hydrogens (tertiary/aromatic N) is 1. The molecule has 2 aliphatic carbocycles. The van der Waals surface area contributed by atoms with Gasteiger partial charge in [-0.1, -0.05) is 36.4 Å². The molecule has 22 heavy (non-hydrogen) atoms. The average molecular weight is 296 g/mol. The molecule has 0 radical (unpaired) electrons. The smallest absolute Gasteiger partial charge is 0.111 e. The normalized spacial score (nSPS) is 37.0. The molecular formula is C19H24N2O. The summed E-state index contributed by atoms with van der Waals surface area (Å²) >= 11 is 0. The summed E-state index contributed by atoms with van der Waals surface area (Å²) in [7, 11) is 2.24. The summed E-state index contributed by atoms with van der Waals surface area (Å²) < 4.78 is 0. The van der Waals surface area contributed by atoms with Crippen molar-refractivity contribution in [2.75, 3.05) is 7.05 Å². The minimum atomic E-state index is 0.441. The second-order valence-electron chi connectivity index (χ2n) is 6.89. The lowest BCUT2D eigenvalue weighted by Crippen LogP contribution is -2.45. The first-order valence-electron chi connectivity index (χ1n) is 8.32. The van der Waals surface area contributed by atoms with Crippen LogP contribution in [0.2, 0.25) is 0 Å². The number of hydrogen-bond acceptors (Lipinski definition) is 3. The van der Waals surface area contributed by atoms with Crippen LogP contribution in [-0.2, 0) is 6.54 Å². The number of likely N-dealkylation sites (tertiary alicyclic amines) is 1. The highest BCUT2D eigenvalue weighted by Crippen LogP contribution is 2.46. The fourth-order valence-electron chi connectivity index (χ4n) is 4.75. The van der Waals surface area contributed by atoms with Gasteiger partial charge < -0.3 is 10.4 Å². The van der Waals surface area contributed by atoms with Crippen molar-refractivity contribution in [2.45, 2.75) is 37.5 Å². The molecule has 1 aromatic carbocycles. The Hall–Kier alpha value is -1.58. The van der Waals surface area contributed by atoms with Gasteiger partial charge in [0.05, 0.1) is 0 Å². The molecule has 4 rings (SSSR count).